The molecule has 0 aromatic rings. The summed E-state index contributed by atoms with van der Waals surface area (Å²) in [5.74, 6) is 1.33. The van der Waals surface area contributed by atoms with Crippen molar-refractivity contribution in [3.05, 3.63) is 0 Å². The van der Waals surface area contributed by atoms with Crippen LogP contribution in [0.4, 0.5) is 13.2 Å². The van der Waals surface area contributed by atoms with Crippen LogP contribution in [0, 0.1) is 11.8 Å². The molecule has 1 aliphatic rings. The van der Waals surface area contributed by atoms with Crippen molar-refractivity contribution in [1.29, 1.82) is 0 Å². The maximum absolute atomic E-state index is 11.8. The zero-order valence-corrected chi connectivity index (χ0v) is 11.7. The summed E-state index contributed by atoms with van der Waals surface area (Å²) in [6.07, 6.45) is 1.08. The molecule has 1 aliphatic carbocycles. The summed E-state index contributed by atoms with van der Waals surface area (Å²) in [6.45, 7) is 1.34. The molecule has 102 valence electrons. The molecule has 0 heterocycles. The van der Waals surface area contributed by atoms with E-state index in [9.17, 15) is 13.2 Å². The minimum atomic E-state index is -4.20. The lowest BCUT2D eigenvalue weighted by Crippen LogP contribution is -2.24. The molecule has 0 saturated heterocycles. The smallest absolute Gasteiger partial charge is 0.372 e. The van der Waals surface area contributed by atoms with E-state index >= 15 is 0 Å². The van der Waals surface area contributed by atoms with Gasteiger partial charge in [-0.05, 0) is 43.9 Å². The van der Waals surface area contributed by atoms with Crippen LogP contribution in [0.3, 0.4) is 0 Å². The molecule has 3 atom stereocenters. The topological polar surface area (TPSA) is 9.23 Å². The van der Waals surface area contributed by atoms with E-state index in [1.54, 1.807) is 0 Å². The van der Waals surface area contributed by atoms with E-state index in [0.29, 0.717) is 10.7 Å². The van der Waals surface area contributed by atoms with Crippen molar-refractivity contribution < 1.29 is 17.9 Å². The molecular weight excluding hydrogens is 297 g/mol. The first kappa shape index (κ1) is 15.3. The van der Waals surface area contributed by atoms with Crippen molar-refractivity contribution in [3.63, 3.8) is 0 Å². The normalized spacial score (nSPS) is 30.5. The Morgan fingerprint density at radius 1 is 1.29 bits per heavy atom. The van der Waals surface area contributed by atoms with Crippen LogP contribution in [0.25, 0.3) is 0 Å². The first-order chi connectivity index (χ1) is 7.88. The van der Waals surface area contributed by atoms with Crippen molar-refractivity contribution in [2.24, 2.45) is 11.8 Å². The zero-order chi connectivity index (χ0) is 12.9. The van der Waals surface area contributed by atoms with Gasteiger partial charge in [0.25, 0.3) is 0 Å². The van der Waals surface area contributed by atoms with Gasteiger partial charge >= 0.3 is 6.18 Å². The molecule has 0 aromatic heterocycles. The molecule has 5 heteroatoms. The van der Waals surface area contributed by atoms with Crippen molar-refractivity contribution >= 4 is 15.9 Å². The standard InChI is InChI=1S/C12H20BrF3O/c1-9-4-5-11(13)10(7-9)3-2-6-17-8-12(14,15)16/h9-11H,2-8H2,1H3. The van der Waals surface area contributed by atoms with E-state index < -0.39 is 12.8 Å². The Morgan fingerprint density at radius 2 is 2.00 bits per heavy atom. The fourth-order valence-electron chi connectivity index (χ4n) is 2.40. The molecule has 0 aliphatic heterocycles. The van der Waals surface area contributed by atoms with Crippen molar-refractivity contribution in [3.8, 4) is 0 Å². The third-order valence-corrected chi connectivity index (χ3v) is 4.49. The van der Waals surface area contributed by atoms with E-state index in [4.69, 9.17) is 0 Å². The van der Waals surface area contributed by atoms with Gasteiger partial charge in [-0.1, -0.05) is 22.9 Å². The van der Waals surface area contributed by atoms with E-state index in [2.05, 4.69) is 27.6 Å². The Labute approximate surface area is 109 Å². The average molecular weight is 317 g/mol. The first-order valence-corrected chi connectivity index (χ1v) is 7.08. The van der Waals surface area contributed by atoms with Gasteiger partial charge in [-0.25, -0.2) is 0 Å². The Kier molecular flexibility index (Phi) is 6.27. The van der Waals surface area contributed by atoms with Crippen molar-refractivity contribution in [2.75, 3.05) is 13.2 Å². The van der Waals surface area contributed by atoms with Crippen LogP contribution in [-0.4, -0.2) is 24.2 Å². The monoisotopic (exact) mass is 316 g/mol. The number of hydrogen-bond donors (Lipinski definition) is 0. The van der Waals surface area contributed by atoms with Crippen LogP contribution in [-0.2, 0) is 4.74 Å². The van der Waals surface area contributed by atoms with Crippen LogP contribution in [0.1, 0.15) is 39.0 Å². The molecule has 0 aromatic carbocycles. The maximum atomic E-state index is 11.8. The predicted molar refractivity (Wildman–Crippen MR) is 65.3 cm³/mol. The summed E-state index contributed by atoms with van der Waals surface area (Å²) >= 11 is 3.66. The van der Waals surface area contributed by atoms with Crippen LogP contribution in [0.2, 0.25) is 0 Å². The molecule has 0 bridgehead atoms. The van der Waals surface area contributed by atoms with Gasteiger partial charge in [0.15, 0.2) is 0 Å². The van der Waals surface area contributed by atoms with Crippen LogP contribution in [0.15, 0.2) is 0 Å². The summed E-state index contributed by atoms with van der Waals surface area (Å²) in [6, 6.07) is 0. The van der Waals surface area contributed by atoms with E-state index in [1.807, 2.05) is 0 Å². The quantitative estimate of drug-likeness (QED) is 0.534. The van der Waals surface area contributed by atoms with Gasteiger partial charge in [0, 0.05) is 11.4 Å². The molecule has 1 saturated carbocycles. The van der Waals surface area contributed by atoms with Gasteiger partial charge in [0.05, 0.1) is 0 Å². The number of ether oxygens (including phenoxy) is 1. The largest absolute Gasteiger partial charge is 0.411 e. The minimum absolute atomic E-state index is 0.212. The second-order valence-electron chi connectivity index (χ2n) is 5.00. The van der Waals surface area contributed by atoms with E-state index in [-0.39, 0.29) is 6.61 Å². The summed E-state index contributed by atoms with van der Waals surface area (Å²) in [5.41, 5.74) is 0. The van der Waals surface area contributed by atoms with Crippen LogP contribution in [0.5, 0.6) is 0 Å². The third kappa shape index (κ3) is 6.65. The van der Waals surface area contributed by atoms with Crippen molar-refractivity contribution in [1.82, 2.24) is 0 Å². The highest BCUT2D eigenvalue weighted by Gasteiger charge is 2.28. The van der Waals surface area contributed by atoms with Gasteiger partial charge in [-0.15, -0.1) is 0 Å². The molecule has 1 nitrogen and oxygen atoms in total. The molecule has 0 radical (unpaired) electrons. The van der Waals surface area contributed by atoms with Gasteiger partial charge in [0.2, 0.25) is 0 Å². The predicted octanol–water partition coefficient (Wildman–Crippen LogP) is 4.55. The first-order valence-electron chi connectivity index (χ1n) is 6.17. The van der Waals surface area contributed by atoms with E-state index in [0.717, 1.165) is 18.8 Å². The van der Waals surface area contributed by atoms with Gasteiger partial charge in [0.1, 0.15) is 6.61 Å². The highest BCUT2D eigenvalue weighted by Crippen LogP contribution is 2.36. The van der Waals surface area contributed by atoms with Crippen LogP contribution < -0.4 is 0 Å². The average Bonchev–Trinajstić information content (AvgIpc) is 2.21. The molecule has 0 spiro atoms. The Bertz CT molecular complexity index is 220. The minimum Gasteiger partial charge on any atom is -0.372 e. The molecule has 1 rings (SSSR count). The Hall–Kier alpha value is 0.230. The molecule has 0 N–H and O–H groups in total. The number of rotatable bonds is 5. The summed E-state index contributed by atoms with van der Waals surface area (Å²) in [7, 11) is 0. The summed E-state index contributed by atoms with van der Waals surface area (Å²) in [5, 5.41) is 0. The molecule has 17 heavy (non-hydrogen) atoms. The molecule has 3 unspecified atom stereocenters. The maximum Gasteiger partial charge on any atom is 0.411 e. The fraction of sp³-hybridized carbons (Fsp3) is 1.00. The lowest BCUT2D eigenvalue weighted by molar-refractivity contribution is -0.174. The van der Waals surface area contributed by atoms with Crippen molar-refractivity contribution in [2.45, 2.75) is 50.0 Å². The van der Waals surface area contributed by atoms with Gasteiger partial charge < -0.3 is 4.74 Å². The van der Waals surface area contributed by atoms with Gasteiger partial charge in [-0.3, -0.25) is 0 Å². The molecule has 1 fully saturated rings. The van der Waals surface area contributed by atoms with E-state index in [1.165, 1.54) is 19.3 Å². The lowest BCUT2D eigenvalue weighted by atomic mass is 9.80. The zero-order valence-electron chi connectivity index (χ0n) is 10.1. The summed E-state index contributed by atoms with van der Waals surface area (Å²) < 4.78 is 40.1. The summed E-state index contributed by atoms with van der Waals surface area (Å²) in [4.78, 5) is 0.529. The van der Waals surface area contributed by atoms with Crippen LogP contribution >= 0.6 is 15.9 Å². The molecule has 0 amide bonds. The SMILES string of the molecule is CC1CCC(Br)C(CCCOCC(F)(F)F)C1. The Morgan fingerprint density at radius 3 is 2.65 bits per heavy atom. The number of alkyl halides is 4. The van der Waals surface area contributed by atoms with Gasteiger partial charge in [-0.2, -0.15) is 13.2 Å². The highest BCUT2D eigenvalue weighted by molar-refractivity contribution is 9.09. The number of halogens is 4. The Balaban J connectivity index is 2.09. The highest BCUT2D eigenvalue weighted by atomic mass is 79.9. The number of hydrogen-bond acceptors (Lipinski definition) is 1. The third-order valence-electron chi connectivity index (χ3n) is 3.28. The second-order valence-corrected chi connectivity index (χ2v) is 6.18. The molecular formula is C12H20BrF3O. The lowest BCUT2D eigenvalue weighted by Gasteiger charge is -2.31. The fourth-order valence-corrected chi connectivity index (χ4v) is 3.14. The second kappa shape index (κ2) is 6.98.